The van der Waals surface area contributed by atoms with Crippen LogP contribution in [-0.2, 0) is 10.0 Å². The van der Waals surface area contributed by atoms with Crippen LogP contribution >= 0.6 is 0 Å². The number of benzene rings is 2. The molecular weight excluding hydrogens is 398 g/mol. The van der Waals surface area contributed by atoms with E-state index in [1.54, 1.807) is 24.3 Å². The molecule has 0 unspecified atom stereocenters. The lowest BCUT2D eigenvalue weighted by Crippen LogP contribution is -2.49. The van der Waals surface area contributed by atoms with Gasteiger partial charge in [-0.15, -0.1) is 10.2 Å². The summed E-state index contributed by atoms with van der Waals surface area (Å²) in [6.07, 6.45) is 0. The summed E-state index contributed by atoms with van der Waals surface area (Å²) in [6, 6.07) is 14.9. The van der Waals surface area contributed by atoms with E-state index in [9.17, 15) is 17.2 Å². The minimum atomic E-state index is -3.88. The fraction of sp³-hybridized carbons (Fsp3) is 0.200. The Bertz CT molecular complexity index is 1100. The molecule has 0 N–H and O–H groups in total. The molecule has 3 aromatic rings. The topological polar surface area (TPSA) is 66.4 Å². The number of nitrogens with zero attached hydrogens (tertiary/aromatic N) is 4. The molecule has 1 fully saturated rings. The van der Waals surface area contributed by atoms with E-state index in [4.69, 9.17) is 0 Å². The van der Waals surface area contributed by atoms with Crippen molar-refractivity contribution >= 4 is 15.8 Å². The number of piperazine rings is 1. The molecule has 1 saturated heterocycles. The third-order valence-electron chi connectivity index (χ3n) is 4.81. The Morgan fingerprint density at radius 1 is 0.793 bits per heavy atom. The first kappa shape index (κ1) is 19.4. The van der Waals surface area contributed by atoms with Gasteiger partial charge in [-0.25, -0.2) is 17.2 Å². The third-order valence-corrected chi connectivity index (χ3v) is 6.74. The van der Waals surface area contributed by atoms with Gasteiger partial charge in [-0.1, -0.05) is 12.1 Å². The van der Waals surface area contributed by atoms with E-state index in [1.807, 2.05) is 4.90 Å². The van der Waals surface area contributed by atoms with Crippen LogP contribution in [0.15, 0.2) is 65.6 Å². The van der Waals surface area contributed by atoms with Crippen molar-refractivity contribution in [2.45, 2.75) is 4.90 Å². The second-order valence-electron chi connectivity index (χ2n) is 6.61. The number of halogens is 2. The fourth-order valence-corrected chi connectivity index (χ4v) is 4.71. The van der Waals surface area contributed by atoms with Crippen molar-refractivity contribution in [3.05, 3.63) is 72.3 Å². The number of aromatic nitrogens is 2. The Kier molecular flexibility index (Phi) is 5.25. The number of hydrogen-bond acceptors (Lipinski definition) is 5. The molecule has 0 bridgehead atoms. The summed E-state index contributed by atoms with van der Waals surface area (Å²) in [7, 11) is -3.88. The number of rotatable bonds is 4. The standard InChI is InChI=1S/C20H18F2N4O2S/c21-16-7-5-15(6-8-16)18-9-10-20(24-23-18)25-11-13-26(14-12-25)29(27,28)19-4-2-1-3-17(19)22/h1-10H,11-14H2. The molecule has 4 rings (SSSR count). The second kappa shape index (κ2) is 7.84. The SMILES string of the molecule is O=S(=O)(c1ccccc1F)N1CCN(c2ccc(-c3ccc(F)cc3)nn2)CC1. The molecule has 1 aliphatic heterocycles. The van der Waals surface area contributed by atoms with Gasteiger partial charge in [-0.2, -0.15) is 4.31 Å². The maximum Gasteiger partial charge on any atom is 0.246 e. The summed E-state index contributed by atoms with van der Waals surface area (Å²) in [4.78, 5) is 1.62. The summed E-state index contributed by atoms with van der Waals surface area (Å²) in [5.74, 6) is -0.447. The van der Waals surface area contributed by atoms with E-state index in [0.29, 0.717) is 24.6 Å². The van der Waals surface area contributed by atoms with Gasteiger partial charge < -0.3 is 4.90 Å². The van der Waals surface area contributed by atoms with Crippen molar-refractivity contribution in [2.75, 3.05) is 31.1 Å². The summed E-state index contributed by atoms with van der Waals surface area (Å²) >= 11 is 0. The van der Waals surface area contributed by atoms with Gasteiger partial charge >= 0.3 is 0 Å². The summed E-state index contributed by atoms with van der Waals surface area (Å²) in [6.45, 7) is 1.27. The molecule has 0 aliphatic carbocycles. The van der Waals surface area contributed by atoms with Gasteiger partial charge in [0, 0.05) is 31.7 Å². The average molecular weight is 416 g/mol. The molecule has 1 aromatic heterocycles. The van der Waals surface area contributed by atoms with Crippen molar-refractivity contribution in [3.8, 4) is 11.3 Å². The van der Waals surface area contributed by atoms with E-state index in [1.165, 1.54) is 34.6 Å². The Labute approximate surface area is 167 Å². The number of sulfonamides is 1. The monoisotopic (exact) mass is 416 g/mol. The highest BCUT2D eigenvalue weighted by Gasteiger charge is 2.30. The van der Waals surface area contributed by atoms with Crippen LogP contribution in [0.2, 0.25) is 0 Å². The molecular formula is C20H18F2N4O2S. The summed E-state index contributed by atoms with van der Waals surface area (Å²) < 4.78 is 53.6. The molecule has 9 heteroatoms. The zero-order chi connectivity index (χ0) is 20.4. The van der Waals surface area contributed by atoms with Crippen LogP contribution in [0, 0.1) is 11.6 Å². The second-order valence-corrected chi connectivity index (χ2v) is 8.51. The lowest BCUT2D eigenvalue weighted by atomic mass is 10.1. The van der Waals surface area contributed by atoms with Gasteiger partial charge in [-0.05, 0) is 48.5 Å². The van der Waals surface area contributed by atoms with Crippen LogP contribution in [0.3, 0.4) is 0 Å². The third kappa shape index (κ3) is 3.96. The lowest BCUT2D eigenvalue weighted by molar-refractivity contribution is 0.381. The molecule has 1 aliphatic rings. The van der Waals surface area contributed by atoms with Gasteiger partial charge in [0.15, 0.2) is 5.82 Å². The van der Waals surface area contributed by atoms with Crippen LogP contribution in [0.25, 0.3) is 11.3 Å². The van der Waals surface area contributed by atoms with Gasteiger partial charge in [0.05, 0.1) is 5.69 Å². The molecule has 0 spiro atoms. The molecule has 0 atom stereocenters. The minimum Gasteiger partial charge on any atom is -0.352 e. The predicted octanol–water partition coefficient (Wildman–Crippen LogP) is 2.93. The van der Waals surface area contributed by atoms with E-state index in [-0.39, 0.29) is 23.8 Å². The first-order valence-corrected chi connectivity index (χ1v) is 10.5. The van der Waals surface area contributed by atoms with Crippen LogP contribution in [-0.4, -0.2) is 49.1 Å². The maximum atomic E-state index is 13.9. The average Bonchev–Trinajstić information content (AvgIpc) is 2.75. The Morgan fingerprint density at radius 2 is 1.48 bits per heavy atom. The van der Waals surface area contributed by atoms with Crippen LogP contribution < -0.4 is 4.90 Å². The lowest BCUT2D eigenvalue weighted by Gasteiger charge is -2.34. The molecule has 2 aromatic carbocycles. The smallest absolute Gasteiger partial charge is 0.246 e. The minimum absolute atomic E-state index is 0.220. The van der Waals surface area contributed by atoms with Crippen molar-refractivity contribution in [1.82, 2.24) is 14.5 Å². The molecule has 0 saturated carbocycles. The Hall–Kier alpha value is -2.91. The first-order chi connectivity index (χ1) is 13.9. The van der Waals surface area contributed by atoms with Crippen molar-refractivity contribution in [2.24, 2.45) is 0 Å². The van der Waals surface area contributed by atoms with Gasteiger partial charge in [0.25, 0.3) is 0 Å². The normalized spacial score (nSPS) is 15.4. The van der Waals surface area contributed by atoms with E-state index in [2.05, 4.69) is 10.2 Å². The van der Waals surface area contributed by atoms with Gasteiger partial charge in [0.2, 0.25) is 10.0 Å². The quantitative estimate of drug-likeness (QED) is 0.654. The van der Waals surface area contributed by atoms with E-state index in [0.717, 1.165) is 11.6 Å². The number of hydrogen-bond donors (Lipinski definition) is 0. The van der Waals surface area contributed by atoms with E-state index >= 15 is 0 Å². The predicted molar refractivity (Wildman–Crippen MR) is 105 cm³/mol. The molecule has 0 amide bonds. The molecule has 2 heterocycles. The summed E-state index contributed by atoms with van der Waals surface area (Å²) in [5, 5.41) is 8.40. The van der Waals surface area contributed by atoms with E-state index < -0.39 is 15.8 Å². The molecule has 150 valence electrons. The molecule has 6 nitrogen and oxygen atoms in total. The largest absolute Gasteiger partial charge is 0.352 e. The van der Waals surface area contributed by atoms with Crippen LogP contribution in [0.4, 0.5) is 14.6 Å². The highest BCUT2D eigenvalue weighted by molar-refractivity contribution is 7.89. The van der Waals surface area contributed by atoms with Crippen molar-refractivity contribution in [1.29, 1.82) is 0 Å². The highest BCUT2D eigenvalue weighted by atomic mass is 32.2. The zero-order valence-corrected chi connectivity index (χ0v) is 16.2. The highest BCUT2D eigenvalue weighted by Crippen LogP contribution is 2.23. The fourth-order valence-electron chi connectivity index (χ4n) is 3.22. The maximum absolute atomic E-state index is 13.9. The van der Waals surface area contributed by atoms with Crippen LogP contribution in [0.1, 0.15) is 0 Å². The van der Waals surface area contributed by atoms with Gasteiger partial charge in [-0.3, -0.25) is 0 Å². The van der Waals surface area contributed by atoms with Crippen molar-refractivity contribution in [3.63, 3.8) is 0 Å². The molecule has 0 radical (unpaired) electrons. The molecule has 29 heavy (non-hydrogen) atoms. The van der Waals surface area contributed by atoms with Crippen molar-refractivity contribution < 1.29 is 17.2 Å². The van der Waals surface area contributed by atoms with Crippen LogP contribution in [0.5, 0.6) is 0 Å². The zero-order valence-electron chi connectivity index (χ0n) is 15.4. The summed E-state index contributed by atoms with van der Waals surface area (Å²) in [5.41, 5.74) is 1.38. The van der Waals surface area contributed by atoms with Gasteiger partial charge in [0.1, 0.15) is 16.5 Å². The Balaban J connectivity index is 1.44. The number of anilines is 1. The first-order valence-electron chi connectivity index (χ1n) is 9.04. The Morgan fingerprint density at radius 3 is 2.10 bits per heavy atom.